The maximum absolute atomic E-state index is 12.3. The quantitative estimate of drug-likeness (QED) is 0.790. The molecule has 1 atom stereocenters. The monoisotopic (exact) mass is 331 g/mol. The maximum Gasteiger partial charge on any atom is 0.387 e. The molecule has 0 fully saturated rings. The van der Waals surface area contributed by atoms with Crippen LogP contribution in [0.2, 0.25) is 0 Å². The molecule has 23 heavy (non-hydrogen) atoms. The molecule has 0 aliphatic heterocycles. The van der Waals surface area contributed by atoms with Crippen LogP contribution in [-0.4, -0.2) is 38.8 Å². The van der Waals surface area contributed by atoms with Gasteiger partial charge in [-0.05, 0) is 39.0 Å². The van der Waals surface area contributed by atoms with Gasteiger partial charge in [0.1, 0.15) is 6.54 Å². The molecule has 0 aliphatic rings. The molecule has 130 valence electrons. The van der Waals surface area contributed by atoms with E-state index < -0.39 is 6.61 Å². The first-order valence-electron chi connectivity index (χ1n) is 7.35. The van der Waals surface area contributed by atoms with E-state index in [9.17, 15) is 13.6 Å². The van der Waals surface area contributed by atoms with E-state index in [1.165, 1.54) is 13.2 Å². The molecule has 0 radical (unpaired) electrons. The van der Waals surface area contributed by atoms with E-state index >= 15 is 0 Å². The first-order chi connectivity index (χ1) is 10.6. The lowest BCUT2D eigenvalue weighted by atomic mass is 10.1. The third kappa shape index (κ3) is 7.27. The zero-order valence-electron chi connectivity index (χ0n) is 14.2. The van der Waals surface area contributed by atoms with Crippen LogP contribution in [0.15, 0.2) is 18.2 Å². The Morgan fingerprint density at radius 3 is 2.48 bits per heavy atom. The summed E-state index contributed by atoms with van der Waals surface area (Å²) in [6.07, 6.45) is 0. The third-order valence-corrected chi connectivity index (χ3v) is 2.93. The normalized spacial score (nSPS) is 12.9. The first kappa shape index (κ1) is 19.2. The molecule has 2 N–H and O–H groups in total. The van der Waals surface area contributed by atoms with Gasteiger partial charge in [-0.1, -0.05) is 0 Å². The van der Waals surface area contributed by atoms with Gasteiger partial charge in [-0.3, -0.25) is 4.79 Å². The Hall–Kier alpha value is -1.89. The van der Waals surface area contributed by atoms with Crippen LogP contribution in [-0.2, 0) is 11.3 Å². The van der Waals surface area contributed by atoms with Gasteiger partial charge in [-0.2, -0.15) is 8.78 Å². The number of amides is 1. The fraction of sp³-hybridized carbons (Fsp3) is 0.562. The number of halogens is 2. The van der Waals surface area contributed by atoms with Crippen LogP contribution >= 0.6 is 0 Å². The highest BCUT2D eigenvalue weighted by Crippen LogP contribution is 2.29. The highest BCUT2D eigenvalue weighted by Gasteiger charge is 2.18. The van der Waals surface area contributed by atoms with E-state index in [-0.39, 0.29) is 22.9 Å². The van der Waals surface area contributed by atoms with Crippen molar-refractivity contribution in [3.05, 3.63) is 23.8 Å². The van der Waals surface area contributed by atoms with Crippen molar-refractivity contribution in [2.24, 2.45) is 0 Å². The Labute approximate surface area is 135 Å². The van der Waals surface area contributed by atoms with E-state index in [1.807, 2.05) is 27.8 Å². The predicted molar refractivity (Wildman–Crippen MR) is 83.0 cm³/mol. The Morgan fingerprint density at radius 2 is 1.96 bits per heavy atom. The summed E-state index contributed by atoms with van der Waals surface area (Å²) in [5.74, 6) is 0.198. The lowest BCUT2D eigenvalue weighted by Crippen LogP contribution is -3.09. The second-order valence-electron chi connectivity index (χ2n) is 6.47. The second-order valence-corrected chi connectivity index (χ2v) is 6.47. The van der Waals surface area contributed by atoms with Gasteiger partial charge in [0.15, 0.2) is 18.0 Å². The average molecular weight is 331 g/mol. The van der Waals surface area contributed by atoms with Crippen molar-refractivity contribution in [2.45, 2.75) is 39.5 Å². The number of carbonyl (C=O) groups is 1. The van der Waals surface area contributed by atoms with Crippen LogP contribution in [0.5, 0.6) is 11.5 Å². The molecule has 0 bridgehead atoms. The third-order valence-electron chi connectivity index (χ3n) is 2.93. The number of hydrogen-bond acceptors (Lipinski definition) is 3. The number of alkyl halides is 2. The zero-order valence-corrected chi connectivity index (χ0v) is 14.2. The number of likely N-dealkylation sites (N-methyl/N-ethyl adjacent to an activating group) is 1. The summed E-state index contributed by atoms with van der Waals surface area (Å²) in [5, 5.41) is 2.90. The summed E-state index contributed by atoms with van der Waals surface area (Å²) in [6.45, 7) is 3.74. The lowest BCUT2D eigenvalue weighted by molar-refractivity contribution is -0.885. The minimum absolute atomic E-state index is 0.00520. The molecule has 0 spiro atoms. The fourth-order valence-electron chi connectivity index (χ4n) is 2.16. The second kappa shape index (κ2) is 8.10. The van der Waals surface area contributed by atoms with Crippen molar-refractivity contribution in [1.29, 1.82) is 0 Å². The molecule has 5 nitrogen and oxygen atoms in total. The number of quaternary nitrogens is 1. The minimum atomic E-state index is -2.90. The Morgan fingerprint density at radius 1 is 1.30 bits per heavy atom. The van der Waals surface area contributed by atoms with Crippen molar-refractivity contribution in [1.82, 2.24) is 5.32 Å². The van der Waals surface area contributed by atoms with Gasteiger partial charge in [0.05, 0.1) is 14.2 Å². The number of rotatable bonds is 7. The fourth-order valence-corrected chi connectivity index (χ4v) is 2.16. The molecule has 0 aromatic heterocycles. The van der Waals surface area contributed by atoms with Crippen LogP contribution in [0.3, 0.4) is 0 Å². The molecular weight excluding hydrogens is 306 g/mol. The average Bonchev–Trinajstić information content (AvgIpc) is 2.37. The van der Waals surface area contributed by atoms with Crippen molar-refractivity contribution in [2.75, 3.05) is 20.7 Å². The van der Waals surface area contributed by atoms with Gasteiger partial charge in [0.2, 0.25) is 0 Å². The molecule has 1 aromatic rings. The van der Waals surface area contributed by atoms with E-state index in [0.29, 0.717) is 13.1 Å². The SMILES string of the molecule is COc1cc(C[NH+](C)CC(=O)NC(C)(C)C)ccc1OC(F)F. The van der Waals surface area contributed by atoms with Gasteiger partial charge < -0.3 is 19.7 Å². The van der Waals surface area contributed by atoms with Crippen LogP contribution in [0, 0.1) is 0 Å². The number of nitrogens with one attached hydrogen (secondary N) is 2. The molecule has 1 unspecified atom stereocenters. The van der Waals surface area contributed by atoms with Crippen molar-refractivity contribution >= 4 is 5.91 Å². The first-order valence-corrected chi connectivity index (χ1v) is 7.35. The smallest absolute Gasteiger partial charge is 0.387 e. The Bertz CT molecular complexity index is 531. The van der Waals surface area contributed by atoms with E-state index in [2.05, 4.69) is 10.1 Å². The van der Waals surface area contributed by atoms with Crippen LogP contribution in [0.25, 0.3) is 0 Å². The van der Waals surface area contributed by atoms with Gasteiger partial charge in [0.25, 0.3) is 5.91 Å². The largest absolute Gasteiger partial charge is 0.493 e. The summed E-state index contributed by atoms with van der Waals surface area (Å²) in [7, 11) is 3.28. The van der Waals surface area contributed by atoms with Gasteiger partial charge in [0, 0.05) is 11.1 Å². The molecule has 0 saturated heterocycles. The maximum atomic E-state index is 12.3. The standard InChI is InChI=1S/C16H24F2N2O3/c1-16(2,3)19-14(21)10-20(4)9-11-6-7-12(23-15(17)18)13(8-11)22-5/h6-8,15H,9-10H2,1-5H3,(H,19,21)/p+1. The molecule has 0 aliphatic carbocycles. The Balaban J connectivity index is 2.68. The van der Waals surface area contributed by atoms with Crippen LogP contribution in [0.4, 0.5) is 8.78 Å². The Kier molecular flexibility index (Phi) is 6.75. The van der Waals surface area contributed by atoms with Crippen molar-refractivity contribution < 1.29 is 27.9 Å². The van der Waals surface area contributed by atoms with Gasteiger partial charge >= 0.3 is 6.61 Å². The van der Waals surface area contributed by atoms with E-state index in [4.69, 9.17) is 4.74 Å². The molecular formula is C16H25F2N2O3+. The predicted octanol–water partition coefficient (Wildman–Crippen LogP) is 1.23. The highest BCUT2D eigenvalue weighted by molar-refractivity contribution is 5.77. The number of ether oxygens (including phenoxy) is 2. The van der Waals surface area contributed by atoms with Gasteiger partial charge in [-0.25, -0.2) is 0 Å². The molecule has 1 aromatic carbocycles. The summed E-state index contributed by atoms with van der Waals surface area (Å²) in [4.78, 5) is 12.9. The summed E-state index contributed by atoms with van der Waals surface area (Å²) in [6, 6.07) is 4.77. The summed E-state index contributed by atoms with van der Waals surface area (Å²) < 4.78 is 34.1. The zero-order chi connectivity index (χ0) is 17.6. The van der Waals surface area contributed by atoms with Crippen LogP contribution < -0.4 is 19.7 Å². The lowest BCUT2D eigenvalue weighted by Gasteiger charge is -2.22. The number of methoxy groups -OCH3 is 1. The molecule has 1 rings (SSSR count). The number of hydrogen-bond donors (Lipinski definition) is 2. The van der Waals surface area contributed by atoms with Crippen molar-refractivity contribution in [3.63, 3.8) is 0 Å². The summed E-state index contributed by atoms with van der Waals surface area (Å²) in [5.41, 5.74) is 0.596. The molecule has 0 saturated carbocycles. The number of carbonyl (C=O) groups excluding carboxylic acids is 1. The van der Waals surface area contributed by atoms with E-state index in [0.717, 1.165) is 10.5 Å². The molecule has 1 amide bonds. The van der Waals surface area contributed by atoms with E-state index in [1.54, 1.807) is 12.1 Å². The summed E-state index contributed by atoms with van der Waals surface area (Å²) >= 11 is 0. The minimum Gasteiger partial charge on any atom is -0.493 e. The van der Waals surface area contributed by atoms with Gasteiger partial charge in [-0.15, -0.1) is 0 Å². The molecule has 0 heterocycles. The van der Waals surface area contributed by atoms with Crippen molar-refractivity contribution in [3.8, 4) is 11.5 Å². The topological polar surface area (TPSA) is 52.0 Å². The number of benzene rings is 1. The highest BCUT2D eigenvalue weighted by atomic mass is 19.3. The van der Waals surface area contributed by atoms with Crippen LogP contribution in [0.1, 0.15) is 26.3 Å². The molecule has 7 heteroatoms.